The van der Waals surface area contributed by atoms with Gasteiger partial charge in [0.25, 0.3) is 0 Å². The van der Waals surface area contributed by atoms with Crippen LogP contribution in [-0.2, 0) is 4.79 Å². The average molecular weight is 266 g/mol. The number of nitrogens with zero attached hydrogens (tertiary/aromatic N) is 1. The van der Waals surface area contributed by atoms with Crippen molar-refractivity contribution in [1.82, 2.24) is 4.90 Å². The zero-order valence-corrected chi connectivity index (χ0v) is 11.6. The number of rotatable bonds is 3. The largest absolute Gasteiger partial charge is 0.341 e. The molecule has 2 nitrogen and oxygen atoms in total. The van der Waals surface area contributed by atoms with E-state index >= 15 is 0 Å². The van der Waals surface area contributed by atoms with Gasteiger partial charge >= 0.3 is 0 Å². The van der Waals surface area contributed by atoms with Crippen molar-refractivity contribution in [2.75, 3.05) is 7.05 Å². The second-order valence-corrected chi connectivity index (χ2v) is 5.45. The van der Waals surface area contributed by atoms with Crippen LogP contribution in [0.5, 0.6) is 0 Å². The van der Waals surface area contributed by atoms with E-state index in [4.69, 9.17) is 11.6 Å². The van der Waals surface area contributed by atoms with Crippen LogP contribution in [0.4, 0.5) is 0 Å². The number of benzene rings is 1. The van der Waals surface area contributed by atoms with Gasteiger partial charge in [-0.1, -0.05) is 49.6 Å². The van der Waals surface area contributed by atoms with Crippen molar-refractivity contribution >= 4 is 17.5 Å². The zero-order valence-electron chi connectivity index (χ0n) is 10.8. The molecule has 1 aliphatic rings. The fourth-order valence-corrected chi connectivity index (χ4v) is 2.89. The molecule has 0 bridgehead atoms. The van der Waals surface area contributed by atoms with Crippen LogP contribution < -0.4 is 0 Å². The molecular weight excluding hydrogens is 246 g/mol. The lowest BCUT2D eigenvalue weighted by atomic mass is 9.94. The van der Waals surface area contributed by atoms with Gasteiger partial charge in [-0.25, -0.2) is 0 Å². The van der Waals surface area contributed by atoms with Crippen molar-refractivity contribution in [3.05, 3.63) is 35.9 Å². The molecule has 0 aliphatic heterocycles. The van der Waals surface area contributed by atoms with E-state index in [1.165, 1.54) is 19.3 Å². The molecule has 0 saturated heterocycles. The van der Waals surface area contributed by atoms with Gasteiger partial charge in [0.15, 0.2) is 0 Å². The second-order valence-electron chi connectivity index (χ2n) is 5.01. The van der Waals surface area contributed by atoms with E-state index in [0.717, 1.165) is 18.4 Å². The molecule has 1 amide bonds. The number of carbonyl (C=O) groups is 1. The maximum atomic E-state index is 12.3. The van der Waals surface area contributed by atoms with Crippen molar-refractivity contribution in [1.29, 1.82) is 0 Å². The minimum atomic E-state index is -0.557. The van der Waals surface area contributed by atoms with Crippen molar-refractivity contribution in [2.24, 2.45) is 0 Å². The molecule has 0 N–H and O–H groups in total. The predicted molar refractivity (Wildman–Crippen MR) is 74.7 cm³/mol. The molecule has 1 aliphatic carbocycles. The van der Waals surface area contributed by atoms with Crippen LogP contribution in [0.1, 0.15) is 43.0 Å². The number of alkyl halides is 1. The Kier molecular flexibility index (Phi) is 4.65. The minimum Gasteiger partial charge on any atom is -0.341 e. The monoisotopic (exact) mass is 265 g/mol. The van der Waals surface area contributed by atoms with Crippen LogP contribution in [0.3, 0.4) is 0 Å². The lowest BCUT2D eigenvalue weighted by molar-refractivity contribution is -0.132. The highest BCUT2D eigenvalue weighted by molar-refractivity contribution is 6.30. The first-order valence-corrected chi connectivity index (χ1v) is 7.09. The molecule has 2 rings (SSSR count). The zero-order chi connectivity index (χ0) is 13.0. The Labute approximate surface area is 114 Å². The molecule has 0 spiro atoms. The fraction of sp³-hybridized carbons (Fsp3) is 0.533. The van der Waals surface area contributed by atoms with Crippen LogP contribution in [0.2, 0.25) is 0 Å². The summed E-state index contributed by atoms with van der Waals surface area (Å²) in [6.45, 7) is 0. The summed E-state index contributed by atoms with van der Waals surface area (Å²) in [4.78, 5) is 14.2. The molecule has 1 aromatic carbocycles. The summed E-state index contributed by atoms with van der Waals surface area (Å²) in [7, 11) is 1.89. The van der Waals surface area contributed by atoms with Gasteiger partial charge in [0.1, 0.15) is 5.38 Å². The van der Waals surface area contributed by atoms with Crippen LogP contribution >= 0.6 is 11.6 Å². The summed E-state index contributed by atoms with van der Waals surface area (Å²) >= 11 is 6.28. The first-order chi connectivity index (χ1) is 8.70. The Morgan fingerprint density at radius 2 is 1.83 bits per heavy atom. The van der Waals surface area contributed by atoms with Gasteiger partial charge in [-0.05, 0) is 18.4 Å². The second kappa shape index (κ2) is 6.24. The average Bonchev–Trinajstić information content (AvgIpc) is 2.47. The number of hydrogen-bond donors (Lipinski definition) is 0. The van der Waals surface area contributed by atoms with Gasteiger partial charge in [-0.2, -0.15) is 0 Å². The molecule has 0 aromatic heterocycles. The Hall–Kier alpha value is -1.02. The smallest absolute Gasteiger partial charge is 0.245 e. The molecule has 1 unspecified atom stereocenters. The molecule has 98 valence electrons. The van der Waals surface area contributed by atoms with Crippen LogP contribution in [0.25, 0.3) is 0 Å². The Morgan fingerprint density at radius 1 is 1.22 bits per heavy atom. The Balaban J connectivity index is 2.01. The van der Waals surface area contributed by atoms with E-state index in [9.17, 15) is 4.79 Å². The number of likely N-dealkylation sites (N-methyl/N-ethyl adjacent to an activating group) is 1. The summed E-state index contributed by atoms with van der Waals surface area (Å²) in [5, 5.41) is -0.557. The van der Waals surface area contributed by atoms with Gasteiger partial charge in [0.05, 0.1) is 0 Å². The summed E-state index contributed by atoms with van der Waals surface area (Å²) in [5.41, 5.74) is 0.881. The van der Waals surface area contributed by atoms with E-state index in [1.807, 2.05) is 42.3 Å². The van der Waals surface area contributed by atoms with Crippen LogP contribution in [-0.4, -0.2) is 23.9 Å². The van der Waals surface area contributed by atoms with Crippen LogP contribution in [0, 0.1) is 0 Å². The molecule has 0 radical (unpaired) electrons. The number of amides is 1. The van der Waals surface area contributed by atoms with Gasteiger partial charge < -0.3 is 4.90 Å². The van der Waals surface area contributed by atoms with E-state index in [0.29, 0.717) is 6.04 Å². The number of halogens is 1. The highest BCUT2D eigenvalue weighted by Crippen LogP contribution is 2.27. The third-order valence-electron chi connectivity index (χ3n) is 3.78. The summed E-state index contributed by atoms with van der Waals surface area (Å²) in [6, 6.07) is 9.95. The highest BCUT2D eigenvalue weighted by atomic mass is 35.5. The highest BCUT2D eigenvalue weighted by Gasteiger charge is 2.27. The van der Waals surface area contributed by atoms with Gasteiger partial charge in [-0.3, -0.25) is 4.79 Å². The summed E-state index contributed by atoms with van der Waals surface area (Å²) in [6.07, 6.45) is 5.96. The quantitative estimate of drug-likeness (QED) is 0.762. The normalized spacial score (nSPS) is 18.3. The molecule has 1 fully saturated rings. The maximum Gasteiger partial charge on any atom is 0.245 e. The Bertz CT molecular complexity index is 387. The van der Waals surface area contributed by atoms with E-state index in [-0.39, 0.29) is 5.91 Å². The summed E-state index contributed by atoms with van der Waals surface area (Å²) < 4.78 is 0. The fourth-order valence-electron chi connectivity index (χ4n) is 2.59. The Morgan fingerprint density at radius 3 is 2.44 bits per heavy atom. The van der Waals surface area contributed by atoms with Crippen LogP contribution in [0.15, 0.2) is 30.3 Å². The first-order valence-electron chi connectivity index (χ1n) is 6.66. The number of carbonyl (C=O) groups excluding carboxylic acids is 1. The lowest BCUT2D eigenvalue weighted by Crippen LogP contribution is -2.39. The maximum absolute atomic E-state index is 12.3. The predicted octanol–water partition coefficient (Wildman–Crippen LogP) is 3.76. The molecule has 0 heterocycles. The SMILES string of the molecule is CN(C(=O)C(Cl)c1ccccc1)C1CCCCC1. The molecular formula is C15H20ClNO. The van der Waals surface area contributed by atoms with Gasteiger partial charge in [0.2, 0.25) is 5.91 Å². The third-order valence-corrected chi connectivity index (χ3v) is 4.22. The van der Waals surface area contributed by atoms with Crippen molar-refractivity contribution in [2.45, 2.75) is 43.5 Å². The molecule has 1 saturated carbocycles. The molecule has 1 aromatic rings. The molecule has 1 atom stereocenters. The lowest BCUT2D eigenvalue weighted by Gasteiger charge is -2.32. The summed E-state index contributed by atoms with van der Waals surface area (Å²) in [5.74, 6) is 0.0229. The van der Waals surface area contributed by atoms with Gasteiger partial charge in [0, 0.05) is 13.1 Å². The standard InChI is InChI=1S/C15H20ClNO/c1-17(13-10-6-3-7-11-13)15(18)14(16)12-8-4-2-5-9-12/h2,4-5,8-9,13-14H,3,6-7,10-11H2,1H3. The first kappa shape index (κ1) is 13.4. The van der Waals surface area contributed by atoms with Crippen molar-refractivity contribution < 1.29 is 4.79 Å². The third kappa shape index (κ3) is 3.05. The molecule has 3 heteroatoms. The topological polar surface area (TPSA) is 20.3 Å². The van der Waals surface area contributed by atoms with E-state index < -0.39 is 5.38 Å². The minimum absolute atomic E-state index is 0.0229. The number of hydrogen-bond acceptors (Lipinski definition) is 1. The van der Waals surface area contributed by atoms with Crippen molar-refractivity contribution in [3.8, 4) is 0 Å². The van der Waals surface area contributed by atoms with Gasteiger partial charge in [-0.15, -0.1) is 11.6 Å². The van der Waals surface area contributed by atoms with Crippen molar-refractivity contribution in [3.63, 3.8) is 0 Å². The van der Waals surface area contributed by atoms with E-state index in [1.54, 1.807) is 0 Å². The van der Waals surface area contributed by atoms with E-state index in [2.05, 4.69) is 0 Å². The molecule has 18 heavy (non-hydrogen) atoms.